The normalized spacial score (nSPS) is 10.3. The molecule has 0 unspecified atom stereocenters. The molecule has 0 saturated carbocycles. The molecule has 0 aliphatic carbocycles. The Hall–Kier alpha value is -1.87. The standard InChI is InChI=1S/C17H13I2N3O3/c1-24-16-9-12(3-4-13(16)18)17(23)22-21-10-11-2-5-15(14(19)8-11)25-7-6-20/h2-5,8-10H,7H2,1H3,(H,22,23)/b21-10-. The van der Waals surface area contributed by atoms with E-state index in [9.17, 15) is 4.79 Å². The average molecular weight is 561 g/mol. The van der Waals surface area contributed by atoms with Gasteiger partial charge in [-0.2, -0.15) is 10.4 Å². The van der Waals surface area contributed by atoms with Crippen molar-refractivity contribution in [1.29, 1.82) is 5.26 Å². The highest BCUT2D eigenvalue weighted by molar-refractivity contribution is 14.1. The summed E-state index contributed by atoms with van der Waals surface area (Å²) in [6, 6.07) is 12.5. The molecule has 0 saturated heterocycles. The number of hydrogen-bond donors (Lipinski definition) is 1. The lowest BCUT2D eigenvalue weighted by Gasteiger charge is -2.06. The average Bonchev–Trinajstić information content (AvgIpc) is 2.61. The van der Waals surface area contributed by atoms with Crippen molar-refractivity contribution in [3.8, 4) is 17.6 Å². The van der Waals surface area contributed by atoms with Crippen LogP contribution in [0, 0.1) is 18.5 Å². The summed E-state index contributed by atoms with van der Waals surface area (Å²) in [6.45, 7) is -0.00102. The van der Waals surface area contributed by atoms with E-state index in [1.807, 2.05) is 12.1 Å². The Morgan fingerprint density at radius 2 is 2.04 bits per heavy atom. The van der Waals surface area contributed by atoms with Crippen molar-refractivity contribution < 1.29 is 14.3 Å². The van der Waals surface area contributed by atoms with E-state index in [4.69, 9.17) is 14.7 Å². The second-order valence-electron chi connectivity index (χ2n) is 4.69. The number of nitriles is 1. The maximum absolute atomic E-state index is 12.1. The van der Waals surface area contributed by atoms with Crippen molar-refractivity contribution >= 4 is 57.3 Å². The fourth-order valence-corrected chi connectivity index (χ4v) is 3.11. The summed E-state index contributed by atoms with van der Waals surface area (Å²) in [5.74, 6) is 0.948. The van der Waals surface area contributed by atoms with Crippen LogP contribution in [0.5, 0.6) is 11.5 Å². The lowest BCUT2D eigenvalue weighted by Crippen LogP contribution is -2.17. The van der Waals surface area contributed by atoms with E-state index in [0.29, 0.717) is 17.1 Å². The molecule has 0 bridgehead atoms. The van der Waals surface area contributed by atoms with Crippen molar-refractivity contribution in [2.75, 3.05) is 13.7 Å². The zero-order chi connectivity index (χ0) is 18.2. The van der Waals surface area contributed by atoms with E-state index in [1.54, 1.807) is 37.4 Å². The van der Waals surface area contributed by atoms with Crippen molar-refractivity contribution in [3.63, 3.8) is 0 Å². The highest BCUT2D eigenvalue weighted by atomic mass is 127. The first-order valence-corrected chi connectivity index (χ1v) is 9.17. The summed E-state index contributed by atoms with van der Waals surface area (Å²) in [6.07, 6.45) is 1.54. The number of amides is 1. The Morgan fingerprint density at radius 3 is 2.72 bits per heavy atom. The summed E-state index contributed by atoms with van der Waals surface area (Å²) in [5.41, 5.74) is 3.74. The zero-order valence-electron chi connectivity index (χ0n) is 13.1. The third kappa shape index (κ3) is 5.57. The molecule has 2 rings (SSSR count). The SMILES string of the molecule is COc1cc(C(=O)N/N=C\c2ccc(OCC#N)c(I)c2)ccc1I. The van der Waals surface area contributed by atoms with Gasteiger partial charge in [0.25, 0.3) is 5.91 Å². The van der Waals surface area contributed by atoms with Crippen LogP contribution in [0.4, 0.5) is 0 Å². The first kappa shape index (κ1) is 19.5. The van der Waals surface area contributed by atoms with Gasteiger partial charge in [-0.05, 0) is 87.1 Å². The van der Waals surface area contributed by atoms with Crippen LogP contribution in [0.15, 0.2) is 41.5 Å². The quantitative estimate of drug-likeness (QED) is 0.333. The fourth-order valence-electron chi connectivity index (χ4n) is 1.86. The molecular weight excluding hydrogens is 548 g/mol. The molecule has 0 aliphatic rings. The third-order valence-electron chi connectivity index (χ3n) is 3.04. The van der Waals surface area contributed by atoms with E-state index in [0.717, 1.165) is 12.7 Å². The van der Waals surface area contributed by atoms with E-state index in [1.165, 1.54) is 6.21 Å². The number of hydrogen-bond acceptors (Lipinski definition) is 5. The molecular formula is C17H13I2N3O3. The zero-order valence-corrected chi connectivity index (χ0v) is 17.4. The highest BCUT2D eigenvalue weighted by Gasteiger charge is 2.08. The van der Waals surface area contributed by atoms with Gasteiger partial charge < -0.3 is 9.47 Å². The number of carbonyl (C=O) groups excluding carboxylic acids is 1. The minimum Gasteiger partial charge on any atom is -0.496 e. The van der Waals surface area contributed by atoms with Crippen LogP contribution < -0.4 is 14.9 Å². The predicted octanol–water partition coefficient (Wildman–Crippen LogP) is 3.57. The second-order valence-corrected chi connectivity index (χ2v) is 7.01. The number of nitrogens with one attached hydrogen (secondary N) is 1. The fraction of sp³-hybridized carbons (Fsp3) is 0.118. The Labute approximate surface area is 172 Å². The van der Waals surface area contributed by atoms with Gasteiger partial charge in [0.2, 0.25) is 0 Å². The second kappa shape index (κ2) is 9.57. The van der Waals surface area contributed by atoms with Gasteiger partial charge in [-0.3, -0.25) is 4.79 Å². The number of methoxy groups -OCH3 is 1. The molecule has 6 nitrogen and oxygen atoms in total. The van der Waals surface area contributed by atoms with E-state index < -0.39 is 0 Å². The van der Waals surface area contributed by atoms with Crippen molar-refractivity contribution in [2.24, 2.45) is 5.10 Å². The number of halogens is 2. The molecule has 25 heavy (non-hydrogen) atoms. The number of benzene rings is 2. The summed E-state index contributed by atoms with van der Waals surface area (Å²) >= 11 is 4.25. The van der Waals surface area contributed by atoms with E-state index >= 15 is 0 Å². The number of ether oxygens (including phenoxy) is 2. The molecule has 2 aromatic rings. The Morgan fingerprint density at radius 1 is 1.24 bits per heavy atom. The molecule has 0 radical (unpaired) electrons. The molecule has 0 aliphatic heterocycles. The van der Waals surface area contributed by atoms with Gasteiger partial charge in [0.15, 0.2) is 6.61 Å². The minimum atomic E-state index is -0.324. The van der Waals surface area contributed by atoms with Crippen molar-refractivity contribution in [1.82, 2.24) is 5.43 Å². The largest absolute Gasteiger partial charge is 0.496 e. The van der Waals surface area contributed by atoms with Gasteiger partial charge in [-0.15, -0.1) is 0 Å². The van der Waals surface area contributed by atoms with E-state index in [2.05, 4.69) is 55.7 Å². The molecule has 128 valence electrons. The lowest BCUT2D eigenvalue weighted by molar-refractivity contribution is 0.0954. The maximum Gasteiger partial charge on any atom is 0.271 e. The predicted molar refractivity (Wildman–Crippen MR) is 111 cm³/mol. The van der Waals surface area contributed by atoms with Crippen LogP contribution in [0.25, 0.3) is 0 Å². The number of hydrazone groups is 1. The first-order valence-electron chi connectivity index (χ1n) is 7.01. The smallest absolute Gasteiger partial charge is 0.271 e. The number of nitrogens with zero attached hydrogens (tertiary/aromatic N) is 2. The van der Waals surface area contributed by atoms with Crippen LogP contribution in [0.1, 0.15) is 15.9 Å². The molecule has 0 fully saturated rings. The molecule has 0 aromatic heterocycles. The van der Waals surface area contributed by atoms with Gasteiger partial charge in [0, 0.05) is 5.56 Å². The van der Waals surface area contributed by atoms with Gasteiger partial charge >= 0.3 is 0 Å². The van der Waals surface area contributed by atoms with Crippen molar-refractivity contribution in [2.45, 2.75) is 0 Å². The summed E-state index contributed by atoms with van der Waals surface area (Å²) in [4.78, 5) is 12.1. The van der Waals surface area contributed by atoms with Crippen LogP contribution in [0.2, 0.25) is 0 Å². The molecule has 2 aromatic carbocycles. The first-order chi connectivity index (χ1) is 12.0. The molecule has 8 heteroatoms. The van der Waals surface area contributed by atoms with Gasteiger partial charge in [0.1, 0.15) is 17.6 Å². The van der Waals surface area contributed by atoms with E-state index in [-0.39, 0.29) is 12.5 Å². The minimum absolute atomic E-state index is 0.00102. The summed E-state index contributed by atoms with van der Waals surface area (Å²) < 4.78 is 12.3. The third-order valence-corrected chi connectivity index (χ3v) is 4.78. The van der Waals surface area contributed by atoms with Crippen LogP contribution in [0.3, 0.4) is 0 Å². The van der Waals surface area contributed by atoms with Crippen molar-refractivity contribution in [3.05, 3.63) is 54.7 Å². The van der Waals surface area contributed by atoms with Gasteiger partial charge in [-0.25, -0.2) is 5.43 Å². The molecule has 1 N–H and O–H groups in total. The van der Waals surface area contributed by atoms with Crippen LogP contribution >= 0.6 is 45.2 Å². The Balaban J connectivity index is 2.02. The maximum atomic E-state index is 12.1. The summed E-state index contributed by atoms with van der Waals surface area (Å²) in [7, 11) is 1.56. The van der Waals surface area contributed by atoms with Crippen LogP contribution in [-0.4, -0.2) is 25.8 Å². The topological polar surface area (TPSA) is 83.7 Å². The number of carbonyl (C=O) groups is 1. The molecule has 0 atom stereocenters. The highest BCUT2D eigenvalue weighted by Crippen LogP contribution is 2.22. The van der Waals surface area contributed by atoms with Gasteiger partial charge in [-0.1, -0.05) is 0 Å². The van der Waals surface area contributed by atoms with Crippen LogP contribution in [-0.2, 0) is 0 Å². The van der Waals surface area contributed by atoms with Gasteiger partial charge in [0.05, 0.1) is 20.5 Å². The molecule has 1 amide bonds. The lowest BCUT2D eigenvalue weighted by atomic mass is 10.2. The Bertz CT molecular complexity index is 848. The Kier molecular flexibility index (Phi) is 7.45. The summed E-state index contributed by atoms with van der Waals surface area (Å²) in [5, 5.41) is 12.5. The molecule has 0 heterocycles. The monoisotopic (exact) mass is 561 g/mol. The molecule has 0 spiro atoms. The number of rotatable bonds is 6.